The van der Waals surface area contributed by atoms with E-state index in [9.17, 15) is 19.2 Å². The van der Waals surface area contributed by atoms with E-state index in [1.807, 2.05) is 6.92 Å². The average molecular weight is 537 g/mol. The van der Waals surface area contributed by atoms with Crippen molar-refractivity contribution in [3.8, 4) is 0 Å². The minimum atomic E-state index is -0.796. The van der Waals surface area contributed by atoms with Crippen molar-refractivity contribution in [2.24, 2.45) is 16.6 Å². The number of thioether (sulfide) groups is 1. The fraction of sp³-hybridized carbons (Fsp3) is 0.783. The van der Waals surface area contributed by atoms with Crippen molar-refractivity contribution < 1.29 is 38.5 Å². The van der Waals surface area contributed by atoms with Gasteiger partial charge in [-0.15, -0.1) is 0 Å². The molecular formula is C23H40N2O8S2. The molecule has 0 rings (SSSR count). The molecule has 1 amide bonds. The Bertz CT molecular complexity index is 732. The SMILES string of the molecule is COC(=O)C(C)(CCCC(C)(C)C(=O)OCC(C)OC(=O)CCCC(=O)NC(N)=S)CSCCO. The molecule has 4 N–H and O–H groups in total. The summed E-state index contributed by atoms with van der Waals surface area (Å²) in [6.45, 7) is 6.91. The van der Waals surface area contributed by atoms with Crippen LogP contribution in [0.1, 0.15) is 66.2 Å². The summed E-state index contributed by atoms with van der Waals surface area (Å²) in [7, 11) is 1.35. The second-order valence-corrected chi connectivity index (χ2v) is 10.8. The van der Waals surface area contributed by atoms with Crippen LogP contribution >= 0.6 is 24.0 Å². The van der Waals surface area contributed by atoms with Crippen LogP contribution in [0.2, 0.25) is 0 Å². The molecule has 0 aromatic heterocycles. The lowest BCUT2D eigenvalue weighted by molar-refractivity contribution is -0.164. The number of nitrogens with one attached hydrogen (secondary N) is 1. The number of carbonyl (C=O) groups excluding carboxylic acids is 4. The molecule has 0 heterocycles. The number of hydrogen-bond acceptors (Lipinski definition) is 10. The van der Waals surface area contributed by atoms with E-state index in [0.717, 1.165) is 0 Å². The van der Waals surface area contributed by atoms with Crippen molar-refractivity contribution in [2.45, 2.75) is 72.3 Å². The van der Waals surface area contributed by atoms with Crippen molar-refractivity contribution in [3.05, 3.63) is 0 Å². The van der Waals surface area contributed by atoms with Crippen molar-refractivity contribution in [1.29, 1.82) is 0 Å². The number of carbonyl (C=O) groups is 4. The van der Waals surface area contributed by atoms with E-state index in [1.165, 1.54) is 18.9 Å². The number of ether oxygens (including phenoxy) is 3. The second kappa shape index (κ2) is 16.7. The third-order valence-corrected chi connectivity index (χ3v) is 6.66. The zero-order chi connectivity index (χ0) is 27.1. The molecule has 0 radical (unpaired) electrons. The molecule has 0 spiro atoms. The number of aliphatic hydroxyl groups is 1. The fourth-order valence-electron chi connectivity index (χ4n) is 3.16. The van der Waals surface area contributed by atoms with Gasteiger partial charge in [0.25, 0.3) is 0 Å². The van der Waals surface area contributed by atoms with Crippen LogP contribution in [-0.4, -0.2) is 72.0 Å². The van der Waals surface area contributed by atoms with E-state index in [-0.39, 0.29) is 49.5 Å². The highest BCUT2D eigenvalue weighted by atomic mass is 32.2. The lowest BCUT2D eigenvalue weighted by Crippen LogP contribution is -2.34. The lowest BCUT2D eigenvalue weighted by Gasteiger charge is -2.29. The molecule has 12 heteroatoms. The topological polar surface area (TPSA) is 154 Å². The number of esters is 3. The van der Waals surface area contributed by atoms with Gasteiger partial charge in [-0.3, -0.25) is 19.2 Å². The predicted octanol–water partition coefficient (Wildman–Crippen LogP) is 2.09. The van der Waals surface area contributed by atoms with Gasteiger partial charge in [0.05, 0.1) is 24.5 Å². The van der Waals surface area contributed by atoms with E-state index in [2.05, 4.69) is 17.5 Å². The van der Waals surface area contributed by atoms with E-state index < -0.39 is 28.9 Å². The molecule has 0 aliphatic heterocycles. The number of rotatable bonds is 17. The maximum atomic E-state index is 12.6. The summed E-state index contributed by atoms with van der Waals surface area (Å²) in [5.74, 6) is -0.570. The quantitative estimate of drug-likeness (QED) is 0.108. The summed E-state index contributed by atoms with van der Waals surface area (Å²) >= 11 is 6.05. The van der Waals surface area contributed by atoms with Crippen LogP contribution in [-0.2, 0) is 33.4 Å². The van der Waals surface area contributed by atoms with Crippen LogP contribution in [0.25, 0.3) is 0 Å². The van der Waals surface area contributed by atoms with Crippen LogP contribution in [0.5, 0.6) is 0 Å². The maximum absolute atomic E-state index is 12.6. The van der Waals surface area contributed by atoms with Crippen molar-refractivity contribution >= 4 is 52.9 Å². The van der Waals surface area contributed by atoms with Gasteiger partial charge in [-0.2, -0.15) is 11.8 Å². The zero-order valence-corrected chi connectivity index (χ0v) is 23.0. The molecule has 2 unspecified atom stereocenters. The molecule has 0 bridgehead atoms. The molecule has 0 aromatic rings. The molecular weight excluding hydrogens is 496 g/mol. The number of hydrogen-bond donors (Lipinski definition) is 3. The molecule has 0 fully saturated rings. The summed E-state index contributed by atoms with van der Waals surface area (Å²) in [5.41, 5.74) is 3.69. The van der Waals surface area contributed by atoms with Gasteiger partial charge in [0, 0.05) is 24.3 Å². The molecule has 0 saturated carbocycles. The Labute approximate surface area is 217 Å². The standard InChI is InChI=1S/C23H40N2O8S2/c1-16(33-18(28)9-6-8-17(27)25-21(24)34)14-32-19(29)22(2,3)10-7-11-23(4,20(30)31-5)15-35-13-12-26/h16,26H,6-15H2,1-5H3,(H3,24,25,27,34). The van der Waals surface area contributed by atoms with Gasteiger partial charge in [-0.25, -0.2) is 0 Å². The molecule has 35 heavy (non-hydrogen) atoms. The highest BCUT2D eigenvalue weighted by Gasteiger charge is 2.36. The first kappa shape index (κ1) is 33.1. The molecule has 0 aliphatic rings. The number of thiocarbonyl (C=S) groups is 1. The molecule has 2 atom stereocenters. The average Bonchev–Trinajstić information content (AvgIpc) is 2.76. The minimum Gasteiger partial charge on any atom is -0.469 e. The van der Waals surface area contributed by atoms with Crippen LogP contribution in [0.3, 0.4) is 0 Å². The molecule has 0 saturated heterocycles. The van der Waals surface area contributed by atoms with Crippen LogP contribution < -0.4 is 11.1 Å². The maximum Gasteiger partial charge on any atom is 0.312 e. The Morgan fingerprint density at radius 3 is 2.31 bits per heavy atom. The normalized spacial score (nSPS) is 13.8. The fourth-order valence-corrected chi connectivity index (χ4v) is 4.26. The van der Waals surface area contributed by atoms with Gasteiger partial charge in [0.1, 0.15) is 12.7 Å². The summed E-state index contributed by atoms with van der Waals surface area (Å²) in [5, 5.41) is 11.1. The minimum absolute atomic E-state index is 0.0318. The van der Waals surface area contributed by atoms with Gasteiger partial charge in [-0.1, -0.05) is 6.42 Å². The van der Waals surface area contributed by atoms with E-state index in [0.29, 0.717) is 30.8 Å². The van der Waals surface area contributed by atoms with Gasteiger partial charge in [0.2, 0.25) is 5.91 Å². The Morgan fingerprint density at radius 2 is 1.74 bits per heavy atom. The van der Waals surface area contributed by atoms with Gasteiger partial charge < -0.3 is 30.4 Å². The second-order valence-electron chi connectivity index (χ2n) is 9.23. The summed E-state index contributed by atoms with van der Waals surface area (Å²) in [6, 6.07) is 0. The smallest absolute Gasteiger partial charge is 0.312 e. The molecule has 0 aromatic carbocycles. The lowest BCUT2D eigenvalue weighted by atomic mass is 9.81. The highest BCUT2D eigenvalue weighted by molar-refractivity contribution is 7.99. The van der Waals surface area contributed by atoms with E-state index >= 15 is 0 Å². The first-order chi connectivity index (χ1) is 16.3. The Morgan fingerprint density at radius 1 is 1.09 bits per heavy atom. The van der Waals surface area contributed by atoms with E-state index in [1.54, 1.807) is 20.8 Å². The highest BCUT2D eigenvalue weighted by Crippen LogP contribution is 2.34. The first-order valence-electron chi connectivity index (χ1n) is 11.5. The van der Waals surface area contributed by atoms with Crippen LogP contribution in [0, 0.1) is 10.8 Å². The van der Waals surface area contributed by atoms with E-state index in [4.69, 9.17) is 25.1 Å². The van der Waals surface area contributed by atoms with Crippen molar-refractivity contribution in [1.82, 2.24) is 5.32 Å². The largest absolute Gasteiger partial charge is 0.469 e. The van der Waals surface area contributed by atoms with Gasteiger partial charge >= 0.3 is 17.9 Å². The summed E-state index contributed by atoms with van der Waals surface area (Å²) in [6.07, 6.45) is 1.36. The third-order valence-electron chi connectivity index (χ3n) is 5.25. The Hall–Kier alpha value is -1.92. The molecule has 10 nitrogen and oxygen atoms in total. The van der Waals surface area contributed by atoms with Gasteiger partial charge in [-0.05, 0) is 59.2 Å². The first-order valence-corrected chi connectivity index (χ1v) is 13.1. The number of amides is 1. The van der Waals surface area contributed by atoms with Gasteiger partial charge in [0.15, 0.2) is 5.11 Å². The number of methoxy groups -OCH3 is 1. The zero-order valence-electron chi connectivity index (χ0n) is 21.3. The van der Waals surface area contributed by atoms with Crippen LogP contribution in [0.4, 0.5) is 0 Å². The predicted molar refractivity (Wildman–Crippen MR) is 137 cm³/mol. The monoisotopic (exact) mass is 536 g/mol. The summed E-state index contributed by atoms with van der Waals surface area (Å²) in [4.78, 5) is 48.2. The Kier molecular flexibility index (Phi) is 15.8. The Balaban J connectivity index is 4.47. The number of nitrogens with two attached hydrogens (primary N) is 1. The molecule has 0 aliphatic carbocycles. The third kappa shape index (κ3) is 14.3. The summed E-state index contributed by atoms with van der Waals surface area (Å²) < 4.78 is 15.5. The molecule has 202 valence electrons. The van der Waals surface area contributed by atoms with Crippen LogP contribution in [0.15, 0.2) is 0 Å². The van der Waals surface area contributed by atoms with Crippen molar-refractivity contribution in [3.63, 3.8) is 0 Å². The number of aliphatic hydroxyl groups excluding tert-OH is 1. The van der Waals surface area contributed by atoms with Crippen molar-refractivity contribution in [2.75, 3.05) is 31.8 Å².